The molecule has 0 bridgehead atoms. The van der Waals surface area contributed by atoms with E-state index in [9.17, 15) is 9.18 Å². The lowest BCUT2D eigenvalue weighted by Gasteiger charge is -2.07. The zero-order valence-electron chi connectivity index (χ0n) is 7.19. The number of carbonyl (C=O) groups excluding carboxylic acids is 1. The Morgan fingerprint density at radius 3 is 2.79 bits per heavy atom. The Morgan fingerprint density at radius 2 is 2.21 bits per heavy atom. The van der Waals surface area contributed by atoms with Crippen LogP contribution in [0.25, 0.3) is 0 Å². The van der Waals surface area contributed by atoms with Crippen molar-refractivity contribution in [3.05, 3.63) is 28.5 Å². The molecule has 0 atom stereocenters. The minimum Gasteiger partial charge on any atom is -0.323 e. The third-order valence-corrected chi connectivity index (χ3v) is 2.61. The Hall–Kier alpha value is -0.420. The van der Waals surface area contributed by atoms with Gasteiger partial charge in [-0.3, -0.25) is 4.79 Å². The SMILES string of the molecule is O=C(CCBr)Nc1c(F)cccc1Br. The molecule has 0 saturated heterocycles. The summed E-state index contributed by atoms with van der Waals surface area (Å²) in [6, 6.07) is 4.54. The summed E-state index contributed by atoms with van der Waals surface area (Å²) in [5.41, 5.74) is 0.193. The van der Waals surface area contributed by atoms with Gasteiger partial charge < -0.3 is 5.32 Å². The molecule has 0 aliphatic heterocycles. The molecule has 1 amide bonds. The summed E-state index contributed by atoms with van der Waals surface area (Å²) in [6.45, 7) is 0. The van der Waals surface area contributed by atoms with E-state index in [-0.39, 0.29) is 11.6 Å². The molecule has 0 fully saturated rings. The number of para-hydroxylation sites is 1. The summed E-state index contributed by atoms with van der Waals surface area (Å²) < 4.78 is 13.7. The van der Waals surface area contributed by atoms with E-state index in [0.717, 1.165) is 0 Å². The molecular weight excluding hydrogens is 317 g/mol. The largest absolute Gasteiger partial charge is 0.323 e. The van der Waals surface area contributed by atoms with Crippen molar-refractivity contribution in [2.75, 3.05) is 10.6 Å². The lowest BCUT2D eigenvalue weighted by Crippen LogP contribution is -2.13. The first-order chi connectivity index (χ1) is 6.65. The molecular formula is C9H8Br2FNO. The zero-order chi connectivity index (χ0) is 10.6. The second-order valence-corrected chi connectivity index (χ2v) is 4.23. The number of halogens is 3. The van der Waals surface area contributed by atoms with Gasteiger partial charge in [0.2, 0.25) is 5.91 Å². The maximum absolute atomic E-state index is 13.2. The van der Waals surface area contributed by atoms with Gasteiger partial charge in [0.15, 0.2) is 0 Å². The lowest BCUT2D eigenvalue weighted by molar-refractivity contribution is -0.115. The van der Waals surface area contributed by atoms with Crippen LogP contribution in [-0.4, -0.2) is 11.2 Å². The smallest absolute Gasteiger partial charge is 0.225 e. The van der Waals surface area contributed by atoms with E-state index >= 15 is 0 Å². The van der Waals surface area contributed by atoms with Crippen molar-refractivity contribution in [3.63, 3.8) is 0 Å². The normalized spacial score (nSPS) is 9.93. The summed E-state index contributed by atoms with van der Waals surface area (Å²) in [7, 11) is 0. The summed E-state index contributed by atoms with van der Waals surface area (Å²) in [5.74, 6) is -0.657. The number of benzene rings is 1. The Balaban J connectivity index is 2.80. The number of carbonyl (C=O) groups is 1. The fourth-order valence-corrected chi connectivity index (χ4v) is 1.71. The standard InChI is InChI=1S/C9H8Br2FNO/c10-5-4-8(14)13-9-6(11)2-1-3-7(9)12/h1-3H,4-5H2,(H,13,14). The minimum absolute atomic E-state index is 0.193. The molecule has 0 aliphatic rings. The summed E-state index contributed by atoms with van der Waals surface area (Å²) in [4.78, 5) is 11.2. The highest BCUT2D eigenvalue weighted by Crippen LogP contribution is 2.25. The van der Waals surface area contributed by atoms with Crippen LogP contribution in [0.4, 0.5) is 10.1 Å². The van der Waals surface area contributed by atoms with Crippen molar-refractivity contribution in [2.45, 2.75) is 6.42 Å². The van der Waals surface area contributed by atoms with Crippen molar-refractivity contribution < 1.29 is 9.18 Å². The van der Waals surface area contributed by atoms with Gasteiger partial charge in [-0.15, -0.1) is 0 Å². The van der Waals surface area contributed by atoms with Gasteiger partial charge in [-0.25, -0.2) is 4.39 Å². The summed E-state index contributed by atoms with van der Waals surface area (Å²) >= 11 is 6.29. The summed E-state index contributed by atoms with van der Waals surface area (Å²) in [6.07, 6.45) is 0.320. The van der Waals surface area contributed by atoms with Crippen LogP contribution in [0.3, 0.4) is 0 Å². The monoisotopic (exact) mass is 323 g/mol. The van der Waals surface area contributed by atoms with Crippen molar-refractivity contribution in [3.8, 4) is 0 Å². The van der Waals surface area contributed by atoms with Crippen molar-refractivity contribution >= 4 is 43.5 Å². The van der Waals surface area contributed by atoms with E-state index in [1.165, 1.54) is 6.07 Å². The third-order valence-electron chi connectivity index (χ3n) is 1.55. The minimum atomic E-state index is -0.442. The van der Waals surface area contributed by atoms with E-state index in [1.807, 2.05) is 0 Å². The first-order valence-corrected chi connectivity index (χ1v) is 5.86. The van der Waals surface area contributed by atoms with E-state index in [0.29, 0.717) is 16.2 Å². The Labute approximate surface area is 98.1 Å². The number of hydrogen-bond donors (Lipinski definition) is 1. The Kier molecular flexibility index (Phi) is 4.54. The molecule has 0 spiro atoms. The van der Waals surface area contributed by atoms with E-state index in [1.54, 1.807) is 12.1 Å². The highest BCUT2D eigenvalue weighted by molar-refractivity contribution is 9.10. The fraction of sp³-hybridized carbons (Fsp3) is 0.222. The van der Waals surface area contributed by atoms with Crippen LogP contribution in [-0.2, 0) is 4.79 Å². The molecule has 1 N–H and O–H groups in total. The molecule has 14 heavy (non-hydrogen) atoms. The maximum atomic E-state index is 13.2. The van der Waals surface area contributed by atoms with Gasteiger partial charge in [0.1, 0.15) is 5.82 Å². The number of alkyl halides is 1. The Morgan fingerprint density at radius 1 is 1.50 bits per heavy atom. The van der Waals surface area contributed by atoms with E-state index < -0.39 is 5.82 Å². The topological polar surface area (TPSA) is 29.1 Å². The quantitative estimate of drug-likeness (QED) is 0.849. The molecule has 0 heterocycles. The first-order valence-electron chi connectivity index (χ1n) is 3.95. The number of amides is 1. The number of hydrogen-bond acceptors (Lipinski definition) is 1. The molecule has 1 aromatic rings. The average molecular weight is 325 g/mol. The van der Waals surface area contributed by atoms with E-state index in [4.69, 9.17) is 0 Å². The van der Waals surface area contributed by atoms with Gasteiger partial charge in [-0.05, 0) is 28.1 Å². The molecule has 2 nitrogen and oxygen atoms in total. The van der Waals surface area contributed by atoms with Gasteiger partial charge >= 0.3 is 0 Å². The predicted octanol–water partition coefficient (Wildman–Crippen LogP) is 3.31. The molecule has 0 saturated carbocycles. The average Bonchev–Trinajstić information content (AvgIpc) is 2.12. The highest BCUT2D eigenvalue weighted by Gasteiger charge is 2.09. The molecule has 0 radical (unpaired) electrons. The first kappa shape index (κ1) is 11.7. The zero-order valence-corrected chi connectivity index (χ0v) is 10.4. The van der Waals surface area contributed by atoms with E-state index in [2.05, 4.69) is 37.2 Å². The predicted molar refractivity (Wildman–Crippen MR) is 61.1 cm³/mol. The van der Waals surface area contributed by atoms with Crippen molar-refractivity contribution in [2.24, 2.45) is 0 Å². The van der Waals surface area contributed by atoms with Crippen LogP contribution in [0.2, 0.25) is 0 Å². The van der Waals surface area contributed by atoms with Gasteiger partial charge in [-0.1, -0.05) is 22.0 Å². The lowest BCUT2D eigenvalue weighted by atomic mass is 10.3. The molecule has 0 aromatic heterocycles. The van der Waals surface area contributed by atoms with Crippen LogP contribution in [0.1, 0.15) is 6.42 Å². The molecule has 76 valence electrons. The van der Waals surface area contributed by atoms with Gasteiger partial charge in [0.05, 0.1) is 5.69 Å². The highest BCUT2D eigenvalue weighted by atomic mass is 79.9. The number of nitrogens with one attached hydrogen (secondary N) is 1. The molecule has 5 heteroatoms. The molecule has 0 aliphatic carbocycles. The van der Waals surface area contributed by atoms with Crippen LogP contribution in [0, 0.1) is 5.82 Å². The Bertz CT molecular complexity index is 323. The van der Waals surface area contributed by atoms with Crippen molar-refractivity contribution in [1.29, 1.82) is 0 Å². The number of rotatable bonds is 3. The molecule has 1 aromatic carbocycles. The van der Waals surface area contributed by atoms with Crippen LogP contribution >= 0.6 is 31.9 Å². The fourth-order valence-electron chi connectivity index (χ4n) is 0.905. The second kappa shape index (κ2) is 5.46. The number of anilines is 1. The maximum Gasteiger partial charge on any atom is 0.225 e. The third kappa shape index (κ3) is 3.06. The van der Waals surface area contributed by atoms with Crippen LogP contribution in [0.15, 0.2) is 22.7 Å². The van der Waals surface area contributed by atoms with Crippen LogP contribution < -0.4 is 5.32 Å². The van der Waals surface area contributed by atoms with Crippen LogP contribution in [0.5, 0.6) is 0 Å². The second-order valence-electron chi connectivity index (χ2n) is 2.58. The van der Waals surface area contributed by atoms with Gasteiger partial charge in [-0.2, -0.15) is 0 Å². The molecule has 1 rings (SSSR count). The van der Waals surface area contributed by atoms with Crippen molar-refractivity contribution in [1.82, 2.24) is 0 Å². The summed E-state index contributed by atoms with van der Waals surface area (Å²) in [5, 5.41) is 3.05. The molecule has 0 unspecified atom stereocenters. The van der Waals surface area contributed by atoms with Gasteiger partial charge in [0.25, 0.3) is 0 Å². The van der Waals surface area contributed by atoms with Gasteiger partial charge in [0, 0.05) is 16.2 Å².